The van der Waals surface area contributed by atoms with Gasteiger partial charge in [-0.15, -0.1) is 24.0 Å². The van der Waals surface area contributed by atoms with Crippen LogP contribution >= 0.6 is 24.0 Å². The lowest BCUT2D eigenvalue weighted by molar-refractivity contribution is 0.169. The highest BCUT2D eigenvalue weighted by atomic mass is 127. The summed E-state index contributed by atoms with van der Waals surface area (Å²) in [5.74, 6) is 1.03. The summed E-state index contributed by atoms with van der Waals surface area (Å²) in [5.41, 5.74) is 1.01. The molecule has 1 N–H and O–H groups in total. The van der Waals surface area contributed by atoms with Crippen molar-refractivity contribution in [1.29, 1.82) is 0 Å². The summed E-state index contributed by atoms with van der Waals surface area (Å²) < 4.78 is 4.88. The van der Waals surface area contributed by atoms with Gasteiger partial charge in [-0.25, -0.2) is 0 Å². The number of hydrogen-bond acceptors (Lipinski definition) is 4. The lowest BCUT2D eigenvalue weighted by Crippen LogP contribution is -2.52. The molecule has 0 unspecified atom stereocenters. The first-order chi connectivity index (χ1) is 10.3. The van der Waals surface area contributed by atoms with Crippen LogP contribution in [0.1, 0.15) is 31.9 Å². The second kappa shape index (κ2) is 10.8. The number of nitrogens with zero attached hydrogens (tertiary/aromatic N) is 4. The maximum atomic E-state index is 4.88. The van der Waals surface area contributed by atoms with Crippen LogP contribution in [0.4, 0.5) is 0 Å². The summed E-state index contributed by atoms with van der Waals surface area (Å²) in [6.45, 7) is 8.18. The van der Waals surface area contributed by atoms with E-state index >= 15 is 0 Å². The fourth-order valence-electron chi connectivity index (χ4n) is 2.57. The molecule has 126 valence electrons. The Hall–Kier alpha value is -0.830. The molecule has 7 heteroatoms. The zero-order valence-corrected chi connectivity index (χ0v) is 16.0. The van der Waals surface area contributed by atoms with Crippen LogP contribution in [0, 0.1) is 0 Å². The van der Waals surface area contributed by atoms with Crippen LogP contribution in [-0.4, -0.2) is 60.7 Å². The van der Waals surface area contributed by atoms with Gasteiger partial charge in [-0.05, 0) is 6.42 Å². The highest BCUT2D eigenvalue weighted by molar-refractivity contribution is 14.0. The molecule has 1 aromatic heterocycles. The summed E-state index contributed by atoms with van der Waals surface area (Å²) in [7, 11) is 1.87. The van der Waals surface area contributed by atoms with E-state index in [1.807, 2.05) is 13.1 Å². The summed E-state index contributed by atoms with van der Waals surface area (Å²) in [4.78, 5) is 9.14. The van der Waals surface area contributed by atoms with Crippen LogP contribution in [0.15, 0.2) is 21.8 Å². The van der Waals surface area contributed by atoms with Crippen LogP contribution in [0.5, 0.6) is 0 Å². The molecule has 1 aliphatic rings. The molecule has 1 aliphatic heterocycles. The predicted octanol–water partition coefficient (Wildman–Crippen LogP) is 2.18. The highest BCUT2D eigenvalue weighted by Crippen LogP contribution is 2.07. The average Bonchev–Trinajstić information content (AvgIpc) is 3.02. The third-order valence-corrected chi connectivity index (χ3v) is 3.82. The van der Waals surface area contributed by atoms with Gasteiger partial charge in [0.05, 0.1) is 5.69 Å². The summed E-state index contributed by atoms with van der Waals surface area (Å²) in [6.07, 6.45) is 5.37. The number of guanidine groups is 1. The number of piperazine rings is 1. The largest absolute Gasteiger partial charge is 0.364 e. The van der Waals surface area contributed by atoms with E-state index in [1.54, 1.807) is 6.26 Å². The number of hydrogen-bond donors (Lipinski definition) is 1. The number of halogens is 1. The molecule has 6 nitrogen and oxygen atoms in total. The Morgan fingerprint density at radius 3 is 2.68 bits per heavy atom. The Kier molecular flexibility index (Phi) is 9.45. The number of nitrogens with one attached hydrogen (secondary N) is 1. The van der Waals surface area contributed by atoms with E-state index in [9.17, 15) is 0 Å². The average molecular weight is 421 g/mol. The minimum atomic E-state index is 0. The Labute approximate surface area is 150 Å². The monoisotopic (exact) mass is 421 g/mol. The maximum Gasteiger partial charge on any atom is 0.193 e. The predicted molar refractivity (Wildman–Crippen MR) is 99.7 cm³/mol. The molecule has 0 radical (unpaired) electrons. The lowest BCUT2D eigenvalue weighted by atomic mass is 10.2. The van der Waals surface area contributed by atoms with Crippen molar-refractivity contribution in [2.24, 2.45) is 4.99 Å². The van der Waals surface area contributed by atoms with Gasteiger partial charge in [0.25, 0.3) is 0 Å². The first-order valence-corrected chi connectivity index (χ1v) is 7.90. The molecule has 22 heavy (non-hydrogen) atoms. The highest BCUT2D eigenvalue weighted by Gasteiger charge is 2.19. The third-order valence-electron chi connectivity index (χ3n) is 3.82. The number of rotatable bonds is 6. The number of aliphatic imine (C=N–C) groups is 1. The Morgan fingerprint density at radius 2 is 2.09 bits per heavy atom. The molecule has 0 bridgehead atoms. The molecule has 1 aromatic rings. The van der Waals surface area contributed by atoms with Gasteiger partial charge >= 0.3 is 0 Å². The molecule has 0 spiro atoms. The zero-order chi connectivity index (χ0) is 14.9. The normalized spacial score (nSPS) is 16.5. The second-order valence-corrected chi connectivity index (χ2v) is 5.44. The fraction of sp³-hybridized carbons (Fsp3) is 0.733. The van der Waals surface area contributed by atoms with Gasteiger partial charge in [-0.3, -0.25) is 9.89 Å². The van der Waals surface area contributed by atoms with Gasteiger partial charge in [0.1, 0.15) is 6.26 Å². The van der Waals surface area contributed by atoms with Gasteiger partial charge in [0.2, 0.25) is 0 Å². The van der Waals surface area contributed by atoms with Gasteiger partial charge in [0.15, 0.2) is 5.96 Å². The van der Waals surface area contributed by atoms with Gasteiger partial charge in [0, 0.05) is 52.4 Å². The van der Waals surface area contributed by atoms with Crippen molar-refractivity contribution in [2.75, 3.05) is 39.8 Å². The summed E-state index contributed by atoms with van der Waals surface area (Å²) >= 11 is 0. The molecular formula is C15H28IN5O. The zero-order valence-electron chi connectivity index (χ0n) is 13.6. The Bertz CT molecular complexity index is 416. The molecule has 1 fully saturated rings. The van der Waals surface area contributed by atoms with Crippen molar-refractivity contribution in [3.63, 3.8) is 0 Å². The molecule has 0 aliphatic carbocycles. The minimum absolute atomic E-state index is 0. The van der Waals surface area contributed by atoms with E-state index in [0.717, 1.165) is 50.9 Å². The molecule has 0 amide bonds. The fourth-order valence-corrected chi connectivity index (χ4v) is 2.57. The first-order valence-electron chi connectivity index (χ1n) is 7.90. The van der Waals surface area contributed by atoms with Crippen molar-refractivity contribution < 1.29 is 4.52 Å². The second-order valence-electron chi connectivity index (χ2n) is 5.44. The summed E-state index contributed by atoms with van der Waals surface area (Å²) in [6, 6.07) is 1.93. The molecule has 1 saturated heterocycles. The topological polar surface area (TPSA) is 56.9 Å². The van der Waals surface area contributed by atoms with E-state index in [2.05, 4.69) is 32.2 Å². The van der Waals surface area contributed by atoms with Crippen LogP contribution in [0.2, 0.25) is 0 Å². The molecule has 2 heterocycles. The van der Waals surface area contributed by atoms with Crippen LogP contribution in [0.25, 0.3) is 0 Å². The van der Waals surface area contributed by atoms with Crippen molar-refractivity contribution in [3.8, 4) is 0 Å². The standard InChI is InChI=1S/C15H27N5O.HI/c1-3-4-5-7-17-15(16-2)20-10-8-19(9-11-20)13-14-6-12-21-18-14;/h6,12H,3-5,7-11,13H2,1-2H3,(H,16,17);1H. The third kappa shape index (κ3) is 6.12. The maximum absolute atomic E-state index is 4.88. The van der Waals surface area contributed by atoms with Gasteiger partial charge in [-0.1, -0.05) is 24.9 Å². The lowest BCUT2D eigenvalue weighted by Gasteiger charge is -2.36. The van der Waals surface area contributed by atoms with Crippen molar-refractivity contribution in [1.82, 2.24) is 20.3 Å². The molecule has 0 saturated carbocycles. The van der Waals surface area contributed by atoms with Crippen molar-refractivity contribution in [2.45, 2.75) is 32.7 Å². The smallest absolute Gasteiger partial charge is 0.193 e. The van der Waals surface area contributed by atoms with Gasteiger partial charge < -0.3 is 14.7 Å². The molecule has 0 atom stereocenters. The SMILES string of the molecule is CCCCCNC(=NC)N1CCN(Cc2ccon2)CC1.I. The van der Waals surface area contributed by atoms with Crippen LogP contribution < -0.4 is 5.32 Å². The molecule has 0 aromatic carbocycles. The van der Waals surface area contributed by atoms with E-state index in [4.69, 9.17) is 4.52 Å². The number of unbranched alkanes of at least 4 members (excludes halogenated alkanes) is 2. The number of aromatic nitrogens is 1. The van der Waals surface area contributed by atoms with Crippen molar-refractivity contribution >= 4 is 29.9 Å². The van der Waals surface area contributed by atoms with E-state index < -0.39 is 0 Å². The van der Waals surface area contributed by atoms with E-state index in [-0.39, 0.29) is 24.0 Å². The first kappa shape index (κ1) is 19.2. The quantitative estimate of drug-likeness (QED) is 0.330. The Morgan fingerprint density at radius 1 is 1.32 bits per heavy atom. The molecule has 2 rings (SSSR count). The van der Waals surface area contributed by atoms with Gasteiger partial charge in [-0.2, -0.15) is 0 Å². The van der Waals surface area contributed by atoms with Crippen LogP contribution in [0.3, 0.4) is 0 Å². The van der Waals surface area contributed by atoms with Crippen LogP contribution in [-0.2, 0) is 6.54 Å². The van der Waals surface area contributed by atoms with E-state index in [0.29, 0.717) is 0 Å². The minimum Gasteiger partial charge on any atom is -0.364 e. The summed E-state index contributed by atoms with van der Waals surface area (Å²) in [5, 5.41) is 7.44. The molecular weight excluding hydrogens is 393 g/mol. The van der Waals surface area contributed by atoms with E-state index in [1.165, 1.54) is 19.3 Å². The Balaban J connectivity index is 0.00000242. The van der Waals surface area contributed by atoms with Crippen molar-refractivity contribution in [3.05, 3.63) is 18.0 Å².